The average Bonchev–Trinajstić information content (AvgIpc) is 2.92. The Morgan fingerprint density at radius 1 is 1.10 bits per heavy atom. The quantitative estimate of drug-likeness (QED) is 0.785. The van der Waals surface area contributed by atoms with Crippen LogP contribution in [0.5, 0.6) is 5.75 Å². The summed E-state index contributed by atoms with van der Waals surface area (Å²) in [5, 5.41) is 11.6. The summed E-state index contributed by atoms with van der Waals surface area (Å²) in [6.07, 6.45) is -0.840. The highest BCUT2D eigenvalue weighted by atomic mass is 16.5. The Balaban J connectivity index is 2.08. The van der Waals surface area contributed by atoms with E-state index >= 15 is 0 Å². The van der Waals surface area contributed by atoms with Crippen LogP contribution >= 0.6 is 0 Å². The minimum atomic E-state index is -0.840. The van der Waals surface area contributed by atoms with Crippen molar-refractivity contribution in [1.29, 1.82) is 0 Å². The summed E-state index contributed by atoms with van der Waals surface area (Å²) in [6.45, 7) is 3.98. The van der Waals surface area contributed by atoms with Crippen LogP contribution in [0.15, 0.2) is 46.9 Å². The lowest BCUT2D eigenvalue weighted by atomic mass is 10.0. The first kappa shape index (κ1) is 13.7. The highest BCUT2D eigenvalue weighted by Crippen LogP contribution is 2.34. The van der Waals surface area contributed by atoms with Crippen molar-refractivity contribution in [3.63, 3.8) is 0 Å². The summed E-state index contributed by atoms with van der Waals surface area (Å²) < 4.78 is 11.2. The molecule has 0 saturated heterocycles. The van der Waals surface area contributed by atoms with Crippen molar-refractivity contribution in [1.82, 2.24) is 0 Å². The number of benzene rings is 2. The lowest BCUT2D eigenvalue weighted by molar-refractivity contribution is 0.187. The van der Waals surface area contributed by atoms with Gasteiger partial charge in [0.1, 0.15) is 23.2 Å². The molecule has 0 spiro atoms. The Labute approximate surface area is 123 Å². The van der Waals surface area contributed by atoms with Crippen LogP contribution in [0.4, 0.5) is 0 Å². The second-order valence-electron chi connectivity index (χ2n) is 5.29. The van der Waals surface area contributed by atoms with Gasteiger partial charge >= 0.3 is 0 Å². The molecule has 108 valence electrons. The maximum absolute atomic E-state index is 10.6. The van der Waals surface area contributed by atoms with E-state index in [2.05, 4.69) is 0 Å². The first-order valence-corrected chi connectivity index (χ1v) is 6.92. The number of fused-ring (bicyclic) bond motifs is 1. The molecule has 3 heteroatoms. The molecule has 0 fully saturated rings. The molecule has 0 aliphatic heterocycles. The maximum Gasteiger partial charge on any atom is 0.140 e. The van der Waals surface area contributed by atoms with Gasteiger partial charge in [0.05, 0.1) is 7.11 Å². The Bertz CT molecular complexity index is 786. The normalized spacial score (nSPS) is 12.6. The molecule has 1 atom stereocenters. The molecule has 3 rings (SSSR count). The molecular weight excluding hydrogens is 264 g/mol. The zero-order valence-electron chi connectivity index (χ0n) is 12.4. The summed E-state index contributed by atoms with van der Waals surface area (Å²) in [6, 6.07) is 13.6. The predicted octanol–water partition coefficient (Wildman–Crippen LogP) is 4.14. The van der Waals surface area contributed by atoms with Gasteiger partial charge in [-0.3, -0.25) is 0 Å². The maximum atomic E-state index is 10.6. The fourth-order valence-corrected chi connectivity index (χ4v) is 2.56. The fourth-order valence-electron chi connectivity index (χ4n) is 2.56. The van der Waals surface area contributed by atoms with Crippen molar-refractivity contribution in [3.8, 4) is 5.75 Å². The molecule has 3 nitrogen and oxygen atoms in total. The molecule has 1 N–H and O–H groups in total. The third-order valence-corrected chi connectivity index (χ3v) is 3.71. The second-order valence-corrected chi connectivity index (χ2v) is 5.29. The van der Waals surface area contributed by atoms with E-state index < -0.39 is 6.10 Å². The third kappa shape index (κ3) is 2.41. The Hall–Kier alpha value is -2.26. The number of aryl methyl sites for hydroxylation is 2. The lowest BCUT2D eigenvalue weighted by Gasteiger charge is -2.13. The van der Waals surface area contributed by atoms with Gasteiger partial charge in [0, 0.05) is 10.9 Å². The minimum absolute atomic E-state index is 0.529. The van der Waals surface area contributed by atoms with Gasteiger partial charge in [0.25, 0.3) is 0 Å². The molecular formula is C18H18O3. The van der Waals surface area contributed by atoms with Crippen LogP contribution < -0.4 is 4.74 Å². The van der Waals surface area contributed by atoms with Gasteiger partial charge in [-0.15, -0.1) is 0 Å². The van der Waals surface area contributed by atoms with Crippen molar-refractivity contribution in [2.45, 2.75) is 20.0 Å². The molecule has 0 bridgehead atoms. The minimum Gasteiger partial charge on any atom is -0.496 e. The van der Waals surface area contributed by atoms with Crippen LogP contribution in [0.2, 0.25) is 0 Å². The van der Waals surface area contributed by atoms with E-state index in [1.165, 1.54) is 0 Å². The van der Waals surface area contributed by atoms with E-state index in [9.17, 15) is 5.11 Å². The molecule has 0 amide bonds. The molecule has 1 heterocycles. The molecule has 1 unspecified atom stereocenters. The molecule has 0 aliphatic rings. The Morgan fingerprint density at radius 2 is 1.90 bits per heavy atom. The van der Waals surface area contributed by atoms with E-state index in [1.807, 2.05) is 56.3 Å². The molecule has 0 saturated carbocycles. The molecule has 1 aromatic heterocycles. The van der Waals surface area contributed by atoms with E-state index in [1.54, 1.807) is 7.11 Å². The number of aliphatic hydroxyl groups is 1. The standard InChI is InChI=1S/C18H18O3/c1-11-7-8-14(15(9-11)20-3)17(19)16-10-13-6-4-5-12(2)18(13)21-16/h4-10,17,19H,1-3H3. The molecule has 3 aromatic rings. The summed E-state index contributed by atoms with van der Waals surface area (Å²) in [4.78, 5) is 0. The average molecular weight is 282 g/mol. The number of furan rings is 1. The molecule has 0 aliphatic carbocycles. The number of para-hydroxylation sites is 1. The predicted molar refractivity (Wildman–Crippen MR) is 82.7 cm³/mol. The zero-order chi connectivity index (χ0) is 15.0. The van der Waals surface area contributed by atoms with Gasteiger partial charge in [0.15, 0.2) is 0 Å². The van der Waals surface area contributed by atoms with Crippen LogP contribution in [0.1, 0.15) is 28.6 Å². The van der Waals surface area contributed by atoms with Crippen molar-refractivity contribution in [3.05, 3.63) is 64.9 Å². The van der Waals surface area contributed by atoms with Crippen LogP contribution in [0.25, 0.3) is 11.0 Å². The van der Waals surface area contributed by atoms with Crippen molar-refractivity contribution in [2.24, 2.45) is 0 Å². The van der Waals surface area contributed by atoms with Gasteiger partial charge < -0.3 is 14.3 Å². The number of hydrogen-bond acceptors (Lipinski definition) is 3. The number of aliphatic hydroxyl groups excluding tert-OH is 1. The molecule has 2 aromatic carbocycles. The van der Waals surface area contributed by atoms with Crippen LogP contribution in [-0.4, -0.2) is 12.2 Å². The smallest absolute Gasteiger partial charge is 0.140 e. The van der Waals surface area contributed by atoms with Gasteiger partial charge in [-0.1, -0.05) is 30.3 Å². The van der Waals surface area contributed by atoms with Gasteiger partial charge in [-0.05, 0) is 37.1 Å². The highest BCUT2D eigenvalue weighted by molar-refractivity contribution is 5.81. The largest absolute Gasteiger partial charge is 0.496 e. The van der Waals surface area contributed by atoms with E-state index in [0.717, 1.165) is 22.1 Å². The summed E-state index contributed by atoms with van der Waals surface area (Å²) in [7, 11) is 1.60. The van der Waals surface area contributed by atoms with Gasteiger partial charge in [0.2, 0.25) is 0 Å². The third-order valence-electron chi connectivity index (χ3n) is 3.71. The SMILES string of the molecule is COc1cc(C)ccc1C(O)c1cc2cccc(C)c2o1. The summed E-state index contributed by atoms with van der Waals surface area (Å²) in [5.41, 5.74) is 3.67. The van der Waals surface area contributed by atoms with Crippen molar-refractivity contribution < 1.29 is 14.3 Å². The second kappa shape index (κ2) is 5.26. The van der Waals surface area contributed by atoms with Crippen LogP contribution in [0.3, 0.4) is 0 Å². The van der Waals surface area contributed by atoms with Gasteiger partial charge in [-0.2, -0.15) is 0 Å². The number of ether oxygens (including phenoxy) is 1. The lowest BCUT2D eigenvalue weighted by Crippen LogP contribution is -2.01. The zero-order valence-corrected chi connectivity index (χ0v) is 12.4. The highest BCUT2D eigenvalue weighted by Gasteiger charge is 2.20. The van der Waals surface area contributed by atoms with Crippen molar-refractivity contribution in [2.75, 3.05) is 7.11 Å². The monoisotopic (exact) mass is 282 g/mol. The molecule has 21 heavy (non-hydrogen) atoms. The first-order valence-electron chi connectivity index (χ1n) is 6.92. The Kier molecular flexibility index (Phi) is 3.43. The molecule has 0 radical (unpaired) electrons. The number of methoxy groups -OCH3 is 1. The van der Waals surface area contributed by atoms with Gasteiger partial charge in [-0.25, -0.2) is 0 Å². The van der Waals surface area contributed by atoms with Crippen LogP contribution in [-0.2, 0) is 0 Å². The number of hydrogen-bond donors (Lipinski definition) is 1. The topological polar surface area (TPSA) is 42.6 Å². The van der Waals surface area contributed by atoms with E-state index in [-0.39, 0.29) is 0 Å². The van der Waals surface area contributed by atoms with Crippen LogP contribution in [0, 0.1) is 13.8 Å². The number of rotatable bonds is 3. The van der Waals surface area contributed by atoms with E-state index in [0.29, 0.717) is 17.1 Å². The summed E-state index contributed by atoms with van der Waals surface area (Å²) >= 11 is 0. The summed E-state index contributed by atoms with van der Waals surface area (Å²) in [5.74, 6) is 1.20. The first-order chi connectivity index (χ1) is 10.1. The fraction of sp³-hybridized carbons (Fsp3) is 0.222. The van der Waals surface area contributed by atoms with Crippen molar-refractivity contribution >= 4 is 11.0 Å². The Morgan fingerprint density at radius 3 is 2.62 bits per heavy atom. The van der Waals surface area contributed by atoms with E-state index in [4.69, 9.17) is 9.15 Å².